The Morgan fingerprint density at radius 3 is 2.43 bits per heavy atom. The molecule has 1 N–H and O–H groups in total. The van der Waals surface area contributed by atoms with E-state index >= 15 is 0 Å². The molecule has 0 radical (unpaired) electrons. The van der Waals surface area contributed by atoms with Crippen molar-refractivity contribution in [1.82, 2.24) is 9.55 Å². The molecule has 1 saturated heterocycles. The number of carbonyl (C=O) groups excluding carboxylic acids is 2. The van der Waals surface area contributed by atoms with Crippen molar-refractivity contribution in [2.24, 2.45) is 0 Å². The van der Waals surface area contributed by atoms with Gasteiger partial charge in [-0.15, -0.1) is 11.8 Å². The third-order valence-electron chi connectivity index (χ3n) is 4.66. The van der Waals surface area contributed by atoms with E-state index in [9.17, 15) is 9.59 Å². The van der Waals surface area contributed by atoms with E-state index in [1.54, 1.807) is 6.92 Å². The summed E-state index contributed by atoms with van der Waals surface area (Å²) in [7, 11) is 0. The fraction of sp³-hybridized carbons (Fsp3) is 0.550. The third kappa shape index (κ3) is 4.53. The first-order valence-corrected chi connectivity index (χ1v) is 11.2. The van der Waals surface area contributed by atoms with Gasteiger partial charge in [0.1, 0.15) is 0 Å². The molecule has 2 aromatic rings. The number of nitrogens with zero attached hydrogens (tertiary/aromatic N) is 2. The average molecular weight is 456 g/mol. The predicted octanol–water partition coefficient (Wildman–Crippen LogP) is 4.01. The minimum Gasteiger partial charge on any atom is -0.456 e. The smallest absolute Gasteiger partial charge is 0.303 e. The van der Waals surface area contributed by atoms with Gasteiger partial charge in [-0.2, -0.15) is 0 Å². The van der Waals surface area contributed by atoms with Gasteiger partial charge in [0.25, 0.3) is 0 Å². The fourth-order valence-electron chi connectivity index (χ4n) is 3.55. The number of nitrogens with one attached hydrogen (secondary N) is 1. The molecule has 0 saturated carbocycles. The van der Waals surface area contributed by atoms with Crippen LogP contribution in [0.4, 0.5) is 5.95 Å². The summed E-state index contributed by atoms with van der Waals surface area (Å²) < 4.78 is 19.0. The van der Waals surface area contributed by atoms with Crippen molar-refractivity contribution in [2.45, 2.75) is 70.1 Å². The summed E-state index contributed by atoms with van der Waals surface area (Å²) in [6.45, 7) is 8.39. The van der Waals surface area contributed by atoms with E-state index < -0.39 is 36.5 Å². The zero-order valence-corrected chi connectivity index (χ0v) is 19.3. The Hall–Kier alpha value is -1.97. The van der Waals surface area contributed by atoms with Crippen LogP contribution in [0.2, 0.25) is 5.02 Å². The molecule has 164 valence electrons. The van der Waals surface area contributed by atoms with Crippen molar-refractivity contribution in [3.05, 3.63) is 17.2 Å². The number of thioether (sulfide) groups is 1. The van der Waals surface area contributed by atoms with Crippen molar-refractivity contribution in [2.75, 3.05) is 11.6 Å². The molecular weight excluding hydrogens is 430 g/mol. The van der Waals surface area contributed by atoms with Gasteiger partial charge in [-0.25, -0.2) is 4.98 Å². The van der Waals surface area contributed by atoms with Crippen molar-refractivity contribution >= 4 is 52.3 Å². The van der Waals surface area contributed by atoms with E-state index in [1.807, 2.05) is 36.8 Å². The number of ether oxygens (including phenoxy) is 3. The summed E-state index contributed by atoms with van der Waals surface area (Å²) >= 11 is 7.99. The molecule has 0 aliphatic carbocycles. The molecular formula is C20H26ClN3O5S. The summed E-state index contributed by atoms with van der Waals surface area (Å²) in [6, 6.07) is 3.82. The predicted molar refractivity (Wildman–Crippen MR) is 116 cm³/mol. The van der Waals surface area contributed by atoms with Crippen LogP contribution in [0, 0.1) is 0 Å². The Morgan fingerprint density at radius 2 is 1.87 bits per heavy atom. The molecule has 3 rings (SSSR count). The Bertz CT molecular complexity index is 964. The van der Waals surface area contributed by atoms with Crippen molar-refractivity contribution in [3.8, 4) is 0 Å². The van der Waals surface area contributed by atoms with Gasteiger partial charge in [0.2, 0.25) is 5.95 Å². The second-order valence-electron chi connectivity index (χ2n) is 7.46. The van der Waals surface area contributed by atoms with E-state index in [0.717, 1.165) is 15.9 Å². The lowest BCUT2D eigenvalue weighted by atomic mass is 10.1. The molecule has 0 amide bonds. The van der Waals surface area contributed by atoms with Gasteiger partial charge in [-0.05, 0) is 39.2 Å². The normalized spacial score (nSPS) is 23.7. The van der Waals surface area contributed by atoms with Crippen LogP contribution < -0.4 is 5.32 Å². The maximum atomic E-state index is 11.8. The highest BCUT2D eigenvalue weighted by molar-refractivity contribution is 7.98. The van der Waals surface area contributed by atoms with Gasteiger partial charge in [0.05, 0.1) is 22.2 Å². The van der Waals surface area contributed by atoms with Gasteiger partial charge in [-0.1, -0.05) is 11.6 Å². The number of hydrogen-bond acceptors (Lipinski definition) is 8. The molecule has 10 heteroatoms. The Balaban J connectivity index is 2.17. The Morgan fingerprint density at radius 1 is 1.23 bits per heavy atom. The summed E-state index contributed by atoms with van der Waals surface area (Å²) in [5.41, 5.74) is 1.44. The van der Waals surface area contributed by atoms with E-state index in [0.29, 0.717) is 11.0 Å². The van der Waals surface area contributed by atoms with E-state index in [1.165, 1.54) is 25.6 Å². The third-order valence-corrected chi connectivity index (χ3v) is 5.86. The minimum atomic E-state index is -0.842. The zero-order valence-electron chi connectivity index (χ0n) is 17.8. The number of imidazole rings is 1. The molecule has 4 atom stereocenters. The van der Waals surface area contributed by atoms with Crippen molar-refractivity contribution in [1.29, 1.82) is 0 Å². The first kappa shape index (κ1) is 22.7. The zero-order chi connectivity index (χ0) is 22.2. The van der Waals surface area contributed by atoms with Crippen LogP contribution in [-0.2, 0) is 23.8 Å². The summed E-state index contributed by atoms with van der Waals surface area (Å²) in [5.74, 6) is -0.422. The van der Waals surface area contributed by atoms with Crippen LogP contribution in [0.25, 0.3) is 11.0 Å². The number of rotatable bonds is 6. The molecule has 0 bridgehead atoms. The van der Waals surface area contributed by atoms with Gasteiger partial charge >= 0.3 is 11.9 Å². The van der Waals surface area contributed by atoms with E-state index in [-0.39, 0.29) is 6.04 Å². The number of fused-ring (bicyclic) bond motifs is 1. The van der Waals surface area contributed by atoms with E-state index in [2.05, 4.69) is 5.32 Å². The van der Waals surface area contributed by atoms with Crippen LogP contribution in [-0.4, -0.2) is 52.1 Å². The quantitative estimate of drug-likeness (QED) is 0.516. The maximum absolute atomic E-state index is 11.8. The molecule has 0 unspecified atom stereocenters. The minimum absolute atomic E-state index is 0.0892. The number of benzene rings is 1. The number of aromatic nitrogens is 2. The summed E-state index contributed by atoms with van der Waals surface area (Å²) in [5, 5.41) is 3.90. The van der Waals surface area contributed by atoms with Crippen molar-refractivity contribution < 1.29 is 23.8 Å². The van der Waals surface area contributed by atoms with E-state index in [4.69, 9.17) is 30.8 Å². The molecule has 1 aliphatic rings. The number of halogens is 1. The lowest BCUT2D eigenvalue weighted by Gasteiger charge is -2.25. The molecule has 2 heterocycles. The molecule has 0 spiro atoms. The second kappa shape index (κ2) is 9.03. The van der Waals surface area contributed by atoms with Gasteiger partial charge in [-0.3, -0.25) is 14.2 Å². The largest absolute Gasteiger partial charge is 0.456 e. The average Bonchev–Trinajstić information content (AvgIpc) is 3.10. The molecule has 30 heavy (non-hydrogen) atoms. The molecule has 1 aromatic carbocycles. The lowest BCUT2D eigenvalue weighted by molar-refractivity contribution is -0.165. The molecule has 1 fully saturated rings. The standard InChI is InChI=1S/C20H26ClN3O5S/c1-9(2)22-20-23-14-8-16(30-6)13(21)7-15(14)24(20)19-18(29-12(5)26)17(10(3)27-19)28-11(4)25/h7-10,17-19H,1-6H3,(H,22,23)/t10-,17-,18-,19-/m1/s1. The van der Waals surface area contributed by atoms with Gasteiger partial charge in [0.15, 0.2) is 18.4 Å². The SMILES string of the molecule is CSc1cc2nc(NC(C)C)n([C@@H]3O[C@H](C)[C@@H](OC(C)=O)[C@H]3OC(C)=O)c2cc1Cl. The first-order chi connectivity index (χ1) is 14.1. The summed E-state index contributed by atoms with van der Waals surface area (Å²) in [6.07, 6.45) is -0.893. The maximum Gasteiger partial charge on any atom is 0.303 e. The van der Waals surface area contributed by atoms with Crippen LogP contribution >= 0.6 is 23.4 Å². The Labute approximate surface area is 184 Å². The van der Waals surface area contributed by atoms with Crippen LogP contribution in [0.15, 0.2) is 17.0 Å². The number of hydrogen-bond donors (Lipinski definition) is 1. The monoisotopic (exact) mass is 455 g/mol. The van der Waals surface area contributed by atoms with Crippen LogP contribution in [0.5, 0.6) is 0 Å². The number of carbonyl (C=O) groups is 2. The second-order valence-corrected chi connectivity index (χ2v) is 8.72. The van der Waals surface area contributed by atoms with Crippen LogP contribution in [0.3, 0.4) is 0 Å². The highest BCUT2D eigenvalue weighted by Gasteiger charge is 2.49. The van der Waals surface area contributed by atoms with Gasteiger partial charge in [0, 0.05) is 24.8 Å². The van der Waals surface area contributed by atoms with Crippen LogP contribution in [0.1, 0.15) is 40.8 Å². The Kier molecular flexibility index (Phi) is 6.84. The molecule has 1 aliphatic heterocycles. The topological polar surface area (TPSA) is 91.7 Å². The summed E-state index contributed by atoms with van der Waals surface area (Å²) in [4.78, 5) is 29.1. The first-order valence-electron chi connectivity index (χ1n) is 9.64. The van der Waals surface area contributed by atoms with Gasteiger partial charge < -0.3 is 19.5 Å². The highest BCUT2D eigenvalue weighted by Crippen LogP contribution is 2.40. The lowest BCUT2D eigenvalue weighted by Crippen LogP contribution is -2.38. The fourth-order valence-corrected chi connectivity index (χ4v) is 4.43. The number of anilines is 1. The molecule has 8 nitrogen and oxygen atoms in total. The van der Waals surface area contributed by atoms with Crippen molar-refractivity contribution in [3.63, 3.8) is 0 Å². The highest BCUT2D eigenvalue weighted by atomic mass is 35.5. The number of esters is 2. The molecule has 1 aromatic heterocycles.